The first-order valence-electron chi connectivity index (χ1n) is 13.2. The molecular weight excluding hydrogens is 456 g/mol. The van der Waals surface area contributed by atoms with Crippen molar-refractivity contribution in [2.24, 2.45) is 13.0 Å². The van der Waals surface area contributed by atoms with Crippen molar-refractivity contribution >= 4 is 21.8 Å². The van der Waals surface area contributed by atoms with Crippen molar-refractivity contribution in [3.8, 4) is 28.5 Å². The lowest BCUT2D eigenvalue weighted by atomic mass is 9.91. The molecule has 5 aromatic rings. The van der Waals surface area contributed by atoms with Gasteiger partial charge in [0.1, 0.15) is 0 Å². The molecule has 6 heteroatoms. The zero-order valence-electron chi connectivity index (χ0n) is 21.3. The van der Waals surface area contributed by atoms with E-state index in [4.69, 9.17) is 4.98 Å². The maximum atomic E-state index is 9.35. The fourth-order valence-electron chi connectivity index (χ4n) is 6.80. The molecule has 2 bridgehead atoms. The van der Waals surface area contributed by atoms with E-state index in [1.807, 2.05) is 42.2 Å². The summed E-state index contributed by atoms with van der Waals surface area (Å²) in [6.45, 7) is 1.04. The van der Waals surface area contributed by atoms with Gasteiger partial charge in [0.2, 0.25) is 0 Å². The number of hydrogen-bond donors (Lipinski definition) is 0. The third kappa shape index (κ3) is 3.65. The van der Waals surface area contributed by atoms with Crippen molar-refractivity contribution in [1.29, 1.82) is 5.26 Å². The molecular formula is C31H30N6. The quantitative estimate of drug-likeness (QED) is 0.312. The molecule has 0 spiro atoms. The van der Waals surface area contributed by atoms with Gasteiger partial charge < -0.3 is 9.47 Å². The molecule has 0 radical (unpaired) electrons. The van der Waals surface area contributed by atoms with Crippen LogP contribution in [0.1, 0.15) is 31.2 Å². The summed E-state index contributed by atoms with van der Waals surface area (Å²) in [6.07, 6.45) is 11.5. The van der Waals surface area contributed by atoms with Crippen LogP contribution in [0, 0.1) is 17.2 Å². The van der Waals surface area contributed by atoms with Crippen LogP contribution in [-0.2, 0) is 13.6 Å². The molecule has 2 unspecified atom stereocenters. The predicted molar refractivity (Wildman–Crippen MR) is 147 cm³/mol. The van der Waals surface area contributed by atoms with Crippen LogP contribution >= 0.6 is 0 Å². The second kappa shape index (κ2) is 8.57. The van der Waals surface area contributed by atoms with Gasteiger partial charge in [-0.1, -0.05) is 18.2 Å². The van der Waals surface area contributed by atoms with Crippen molar-refractivity contribution in [2.45, 2.75) is 44.3 Å². The van der Waals surface area contributed by atoms with Crippen LogP contribution in [0.2, 0.25) is 0 Å². The number of piperidine rings is 1. The highest BCUT2D eigenvalue weighted by molar-refractivity contribution is 6.02. The first kappa shape index (κ1) is 22.3. The SMILES string of the molecule is CN1C2CCC1CC(Cn1ccc3c(-c4ccc(C#N)cc4)c(-c4ccc5c(cnn5C)c4)ncc31)C2. The van der Waals surface area contributed by atoms with Gasteiger partial charge in [-0.15, -0.1) is 0 Å². The molecule has 3 aromatic heterocycles. The third-order valence-corrected chi connectivity index (χ3v) is 8.80. The van der Waals surface area contributed by atoms with Crippen molar-refractivity contribution < 1.29 is 0 Å². The van der Waals surface area contributed by atoms with E-state index in [1.165, 1.54) is 36.6 Å². The molecule has 2 aliphatic heterocycles. The van der Waals surface area contributed by atoms with Crippen LogP contribution in [0.25, 0.3) is 44.2 Å². The van der Waals surface area contributed by atoms with E-state index in [2.05, 4.69) is 64.3 Å². The number of hydrogen-bond acceptors (Lipinski definition) is 4. The first-order valence-corrected chi connectivity index (χ1v) is 13.2. The molecule has 5 heterocycles. The van der Waals surface area contributed by atoms with E-state index in [9.17, 15) is 5.26 Å². The Kier molecular flexibility index (Phi) is 5.16. The monoisotopic (exact) mass is 486 g/mol. The fraction of sp³-hybridized carbons (Fsp3) is 0.323. The lowest BCUT2D eigenvalue weighted by molar-refractivity contribution is 0.126. The summed E-state index contributed by atoms with van der Waals surface area (Å²) in [4.78, 5) is 7.68. The molecule has 0 saturated carbocycles. The lowest BCUT2D eigenvalue weighted by Gasteiger charge is -2.36. The van der Waals surface area contributed by atoms with Crippen molar-refractivity contribution in [1.82, 2.24) is 24.2 Å². The van der Waals surface area contributed by atoms with Gasteiger partial charge >= 0.3 is 0 Å². The van der Waals surface area contributed by atoms with Crippen LogP contribution in [0.5, 0.6) is 0 Å². The average molecular weight is 487 g/mol. The number of benzene rings is 2. The minimum Gasteiger partial charge on any atom is -0.346 e. The smallest absolute Gasteiger partial charge is 0.0991 e. The Bertz CT molecular complexity index is 1650. The number of pyridine rings is 1. The van der Waals surface area contributed by atoms with Gasteiger partial charge in [-0.25, -0.2) is 0 Å². The van der Waals surface area contributed by atoms with Gasteiger partial charge in [0.05, 0.1) is 40.8 Å². The maximum Gasteiger partial charge on any atom is 0.0991 e. The maximum absolute atomic E-state index is 9.35. The number of aryl methyl sites for hydroxylation is 1. The molecule has 2 aromatic carbocycles. The summed E-state index contributed by atoms with van der Waals surface area (Å²) in [6, 6.07) is 20.3. The van der Waals surface area contributed by atoms with Crippen LogP contribution in [0.3, 0.4) is 0 Å². The molecule has 2 fully saturated rings. The zero-order valence-corrected chi connectivity index (χ0v) is 21.3. The number of rotatable bonds is 4. The van der Waals surface area contributed by atoms with Crippen LogP contribution in [-0.4, -0.2) is 43.4 Å². The summed E-state index contributed by atoms with van der Waals surface area (Å²) in [5, 5.41) is 16.1. The second-order valence-electron chi connectivity index (χ2n) is 10.9. The highest BCUT2D eigenvalue weighted by Crippen LogP contribution is 2.41. The lowest BCUT2D eigenvalue weighted by Crippen LogP contribution is -2.40. The van der Waals surface area contributed by atoms with E-state index >= 15 is 0 Å². The summed E-state index contributed by atoms with van der Waals surface area (Å²) >= 11 is 0. The van der Waals surface area contributed by atoms with Gasteiger partial charge in [-0.2, -0.15) is 10.4 Å². The summed E-state index contributed by atoms with van der Waals surface area (Å²) in [5.41, 5.74) is 7.16. The normalized spacial score (nSPS) is 21.6. The summed E-state index contributed by atoms with van der Waals surface area (Å²) in [7, 11) is 4.27. The Labute approximate surface area is 216 Å². The minimum atomic E-state index is 0.664. The molecule has 184 valence electrons. The Morgan fingerprint density at radius 1 is 0.919 bits per heavy atom. The van der Waals surface area contributed by atoms with E-state index in [0.29, 0.717) is 11.5 Å². The summed E-state index contributed by atoms with van der Waals surface area (Å²) < 4.78 is 4.31. The number of aromatic nitrogens is 4. The Hall–Kier alpha value is -3.95. The molecule has 6 nitrogen and oxygen atoms in total. The number of fused-ring (bicyclic) bond motifs is 4. The van der Waals surface area contributed by atoms with Gasteiger partial charge in [0, 0.05) is 53.8 Å². The molecule has 0 N–H and O–H groups in total. The highest BCUT2D eigenvalue weighted by atomic mass is 15.2. The van der Waals surface area contributed by atoms with Gasteiger partial charge in [-0.3, -0.25) is 9.67 Å². The van der Waals surface area contributed by atoms with Crippen LogP contribution in [0.15, 0.2) is 67.1 Å². The van der Waals surface area contributed by atoms with Crippen LogP contribution in [0.4, 0.5) is 0 Å². The van der Waals surface area contributed by atoms with Gasteiger partial charge in [0.15, 0.2) is 0 Å². The highest BCUT2D eigenvalue weighted by Gasteiger charge is 2.38. The molecule has 0 amide bonds. The van der Waals surface area contributed by atoms with E-state index < -0.39 is 0 Å². The summed E-state index contributed by atoms with van der Waals surface area (Å²) in [5.74, 6) is 0.704. The molecule has 2 saturated heterocycles. The molecule has 2 atom stereocenters. The molecule has 37 heavy (non-hydrogen) atoms. The predicted octanol–water partition coefficient (Wildman–Crippen LogP) is 6.00. The third-order valence-electron chi connectivity index (χ3n) is 8.80. The minimum absolute atomic E-state index is 0.664. The van der Waals surface area contributed by atoms with E-state index in [-0.39, 0.29) is 0 Å². The Morgan fingerprint density at radius 2 is 1.68 bits per heavy atom. The van der Waals surface area contributed by atoms with Crippen LogP contribution < -0.4 is 0 Å². The van der Waals surface area contributed by atoms with E-state index in [1.54, 1.807) is 0 Å². The van der Waals surface area contributed by atoms with Crippen molar-refractivity contribution in [2.75, 3.05) is 7.05 Å². The molecule has 7 rings (SSSR count). The van der Waals surface area contributed by atoms with Crippen molar-refractivity contribution in [3.05, 3.63) is 72.7 Å². The van der Waals surface area contributed by atoms with Gasteiger partial charge in [-0.05, 0) is 74.5 Å². The first-order chi connectivity index (χ1) is 18.1. The zero-order chi connectivity index (χ0) is 25.1. The number of nitrogens with zero attached hydrogens (tertiary/aromatic N) is 6. The van der Waals surface area contributed by atoms with Gasteiger partial charge in [0.25, 0.3) is 0 Å². The fourth-order valence-corrected chi connectivity index (χ4v) is 6.80. The largest absolute Gasteiger partial charge is 0.346 e. The molecule has 2 aliphatic rings. The molecule has 0 aliphatic carbocycles. The standard InChI is InChI=1S/C31H30N6/c1-35-25-8-9-26(35)14-21(13-25)19-37-12-11-27-29(37)18-33-31(30(27)22-5-3-20(16-32)4-6-22)23-7-10-28-24(15-23)17-34-36(28)2/h3-7,10-12,15,17-18,21,25-26H,8-9,13-14,19H2,1-2H3. The average Bonchev–Trinajstić information content (AvgIpc) is 3.55. The Balaban J connectivity index is 1.34. The topological polar surface area (TPSA) is 62.7 Å². The van der Waals surface area contributed by atoms with Crippen molar-refractivity contribution in [3.63, 3.8) is 0 Å². The van der Waals surface area contributed by atoms with E-state index in [0.717, 1.165) is 51.9 Å². The number of nitriles is 1. The Morgan fingerprint density at radius 3 is 2.43 bits per heavy atom. The second-order valence-corrected chi connectivity index (χ2v) is 10.9.